The fourth-order valence-electron chi connectivity index (χ4n) is 2.19. The second-order valence-corrected chi connectivity index (χ2v) is 8.52. The van der Waals surface area contributed by atoms with E-state index in [0.717, 1.165) is 0 Å². The van der Waals surface area contributed by atoms with Crippen LogP contribution in [0.5, 0.6) is 0 Å². The van der Waals surface area contributed by atoms with Gasteiger partial charge in [-0.15, -0.1) is 0 Å². The molecule has 32 heteroatoms. The minimum absolute atomic E-state index is 0. The summed E-state index contributed by atoms with van der Waals surface area (Å²) in [4.78, 5) is 121. The van der Waals surface area contributed by atoms with Gasteiger partial charge < -0.3 is 85.9 Å². The van der Waals surface area contributed by atoms with Gasteiger partial charge in [-0.2, -0.15) is 0 Å². The zero-order chi connectivity index (χ0) is 41.7. The van der Waals surface area contributed by atoms with E-state index in [1.165, 1.54) is 0 Å². The van der Waals surface area contributed by atoms with Crippen LogP contribution in [0.1, 0.15) is 31.4 Å². The molecule has 0 fully saturated rings. The number of carbonyl (C=O) groups is 12. The van der Waals surface area contributed by atoms with Gasteiger partial charge in [0.25, 0.3) is 0 Å². The van der Waals surface area contributed by atoms with Crippen LogP contribution in [-0.4, -0.2) is 184 Å². The summed E-state index contributed by atoms with van der Waals surface area (Å²) in [6.45, 7) is -3.32. The fraction of sp³-hybridized carbons (Fsp3) is 0.500. The van der Waals surface area contributed by atoms with E-state index in [9.17, 15) is 57.5 Å². The summed E-state index contributed by atoms with van der Waals surface area (Å²) in [7, 11) is 0. The van der Waals surface area contributed by atoms with Gasteiger partial charge in [-0.05, 0) is 0 Å². The molecule has 0 amide bonds. The summed E-state index contributed by atoms with van der Waals surface area (Å²) >= 11 is 0. The zero-order valence-corrected chi connectivity index (χ0v) is 37.9. The van der Waals surface area contributed by atoms with Crippen molar-refractivity contribution in [2.45, 2.75) is 50.1 Å². The number of carboxylic acids is 12. The Bertz CT molecular complexity index is 1120. The van der Waals surface area contributed by atoms with Gasteiger partial charge in [0.1, 0.15) is 26.4 Å². The van der Waals surface area contributed by atoms with Crippen LogP contribution in [0.4, 0.5) is 0 Å². The molecule has 0 aliphatic rings. The van der Waals surface area contributed by atoms with E-state index in [2.05, 4.69) is 18.9 Å². The van der Waals surface area contributed by atoms with Crippen molar-refractivity contribution in [1.82, 2.24) is 0 Å². The standard InChI is InChI=1S/4C6H8O7.4Na.4H/c4*7-4(8)1-3(6(11)12)13-2-5(9)10;;;;;;;;/h4*3H,1-2H2,(H,7,8)(H,9,10)(H,11,12);;;;;;;;/q;;;;4*+1;4*-1. The molecule has 0 radical (unpaired) electrons. The van der Waals surface area contributed by atoms with Crippen molar-refractivity contribution in [3.63, 3.8) is 0 Å². The molecule has 0 aliphatic heterocycles. The van der Waals surface area contributed by atoms with Gasteiger partial charge in [0, 0.05) is 0 Å². The number of hydrogen-bond acceptors (Lipinski definition) is 16. The first-order valence-electron chi connectivity index (χ1n) is 12.8. The average Bonchev–Trinajstić information content (AvgIpc) is 2.97. The predicted octanol–water partition coefficient (Wildman–Crippen LogP) is -15.5. The molecule has 4 atom stereocenters. The molecular weight excluding hydrogens is 828 g/mol. The van der Waals surface area contributed by atoms with Crippen LogP contribution < -0.4 is 118 Å². The Morgan fingerprint density at radius 3 is 0.482 bits per heavy atom. The van der Waals surface area contributed by atoms with E-state index < -0.39 is 148 Å². The molecule has 0 aromatic carbocycles. The Morgan fingerprint density at radius 2 is 0.411 bits per heavy atom. The third kappa shape index (κ3) is 53.6. The molecule has 0 saturated heterocycles. The molecule has 0 saturated carbocycles. The summed E-state index contributed by atoms with van der Waals surface area (Å²) in [5, 5.41) is 98.7. The summed E-state index contributed by atoms with van der Waals surface area (Å²) in [6, 6.07) is 0. The van der Waals surface area contributed by atoms with Crippen LogP contribution in [0.2, 0.25) is 0 Å². The first-order chi connectivity index (χ1) is 23.7. The molecule has 12 N–H and O–H groups in total. The molecule has 0 heterocycles. The summed E-state index contributed by atoms with van der Waals surface area (Å²) in [6.07, 6.45) is -9.51. The number of carboxylic acid groups (broad SMARTS) is 12. The van der Waals surface area contributed by atoms with Gasteiger partial charge in [-0.1, -0.05) is 0 Å². The van der Waals surface area contributed by atoms with Crippen molar-refractivity contribution >= 4 is 71.6 Å². The summed E-state index contributed by atoms with van der Waals surface area (Å²) < 4.78 is 17.2. The number of aliphatic carboxylic acids is 12. The Labute approximate surface area is 406 Å². The van der Waals surface area contributed by atoms with Gasteiger partial charge in [-0.3, -0.25) is 19.2 Å². The maximum Gasteiger partial charge on any atom is 1.00 e. The maximum atomic E-state index is 10.3. The van der Waals surface area contributed by atoms with Gasteiger partial charge in [0.15, 0.2) is 24.4 Å². The van der Waals surface area contributed by atoms with E-state index in [4.69, 9.17) is 61.3 Å². The van der Waals surface area contributed by atoms with Crippen LogP contribution in [0.15, 0.2) is 0 Å². The quantitative estimate of drug-likeness (QED) is 0.0401. The molecular formula is C24H36Na4O28. The second-order valence-electron chi connectivity index (χ2n) is 8.52. The van der Waals surface area contributed by atoms with Crippen molar-refractivity contribution in [1.29, 1.82) is 0 Å². The maximum absolute atomic E-state index is 10.3. The fourth-order valence-corrected chi connectivity index (χ4v) is 2.19. The van der Waals surface area contributed by atoms with E-state index in [-0.39, 0.29) is 124 Å². The van der Waals surface area contributed by atoms with Crippen molar-refractivity contribution in [3.8, 4) is 0 Å². The molecule has 56 heavy (non-hydrogen) atoms. The van der Waals surface area contributed by atoms with Gasteiger partial charge >= 0.3 is 190 Å². The van der Waals surface area contributed by atoms with Crippen molar-refractivity contribution in [3.05, 3.63) is 0 Å². The minimum Gasteiger partial charge on any atom is -1.00 e. The smallest absolute Gasteiger partial charge is 1.00 e. The third-order valence-electron chi connectivity index (χ3n) is 4.17. The normalized spacial score (nSPS) is 11.1. The molecule has 4 unspecified atom stereocenters. The topological polar surface area (TPSA) is 485 Å². The Kier molecular flexibility index (Phi) is 53.5. The molecule has 0 spiro atoms. The van der Waals surface area contributed by atoms with Crippen LogP contribution >= 0.6 is 0 Å². The number of rotatable bonds is 24. The third-order valence-corrected chi connectivity index (χ3v) is 4.17. The van der Waals surface area contributed by atoms with Gasteiger partial charge in [0.2, 0.25) is 0 Å². The second kappa shape index (κ2) is 42.1. The largest absolute Gasteiger partial charge is 1.00 e. The van der Waals surface area contributed by atoms with Crippen LogP contribution in [-0.2, 0) is 76.5 Å². The van der Waals surface area contributed by atoms with Crippen LogP contribution in [0.3, 0.4) is 0 Å². The van der Waals surface area contributed by atoms with Crippen LogP contribution in [0.25, 0.3) is 0 Å². The Balaban J connectivity index is -0.0000000490. The number of hydrogen-bond donors (Lipinski definition) is 12. The summed E-state index contributed by atoms with van der Waals surface area (Å²) in [5.74, 6) is -16.8. The number of ether oxygens (including phenoxy) is 4. The van der Waals surface area contributed by atoms with E-state index in [0.29, 0.717) is 0 Å². The SMILES string of the molecule is O=C(O)COC(CC(=O)O)C(=O)O.O=C(O)COC(CC(=O)O)C(=O)O.O=C(O)COC(CC(=O)O)C(=O)O.O=C(O)COC(CC(=O)O)C(=O)O.[H-].[H-].[H-].[H-].[Na+].[Na+].[Na+].[Na+]. The van der Waals surface area contributed by atoms with E-state index >= 15 is 0 Å². The first-order valence-corrected chi connectivity index (χ1v) is 12.8. The molecule has 0 rings (SSSR count). The molecule has 28 nitrogen and oxygen atoms in total. The van der Waals surface area contributed by atoms with Crippen molar-refractivity contribution < 1.29 is 262 Å². The molecule has 0 aliphatic carbocycles. The average molecular weight is 864 g/mol. The van der Waals surface area contributed by atoms with E-state index in [1.54, 1.807) is 0 Å². The molecule has 0 aromatic heterocycles. The van der Waals surface area contributed by atoms with Crippen molar-refractivity contribution in [2.75, 3.05) is 26.4 Å². The zero-order valence-electron chi connectivity index (χ0n) is 33.9. The van der Waals surface area contributed by atoms with Crippen molar-refractivity contribution in [2.24, 2.45) is 0 Å². The minimum atomic E-state index is -1.62. The monoisotopic (exact) mass is 864 g/mol. The molecule has 0 bridgehead atoms. The Morgan fingerprint density at radius 1 is 0.286 bits per heavy atom. The van der Waals surface area contributed by atoms with Gasteiger partial charge in [-0.25, -0.2) is 38.4 Å². The summed E-state index contributed by atoms with van der Waals surface area (Å²) in [5.41, 5.74) is 0. The van der Waals surface area contributed by atoms with Crippen LogP contribution in [0, 0.1) is 0 Å². The van der Waals surface area contributed by atoms with Gasteiger partial charge in [0.05, 0.1) is 25.7 Å². The molecule has 0 aromatic rings. The first kappa shape index (κ1) is 71.2. The molecule has 304 valence electrons. The Hall–Kier alpha value is -2.52. The predicted molar refractivity (Wildman–Crippen MR) is 154 cm³/mol. The van der Waals surface area contributed by atoms with E-state index in [1.807, 2.05) is 0 Å².